The van der Waals surface area contributed by atoms with Gasteiger partial charge in [0.05, 0.1) is 12.7 Å². The molecule has 1 N–H and O–H groups in total. The second-order valence-corrected chi connectivity index (χ2v) is 6.86. The van der Waals surface area contributed by atoms with E-state index in [4.69, 9.17) is 14.2 Å². The number of ether oxygens (including phenoxy) is 3. The van der Waals surface area contributed by atoms with Gasteiger partial charge in [-0.3, -0.25) is 9.88 Å². The standard InChI is InChI=1S/C20H24N2O4/c1-24-17-12-19-18(25-9-10-26-19)11-15(17)14-22-7-4-20(23,5-8-22)16-3-2-6-21-13-16/h2-3,6,11-13,23H,4-5,7-10,14H2,1H3. The Morgan fingerprint density at radius 1 is 1.19 bits per heavy atom. The summed E-state index contributed by atoms with van der Waals surface area (Å²) in [7, 11) is 1.67. The molecule has 2 aliphatic rings. The summed E-state index contributed by atoms with van der Waals surface area (Å²) >= 11 is 0. The van der Waals surface area contributed by atoms with Gasteiger partial charge in [-0.2, -0.15) is 0 Å². The lowest BCUT2D eigenvalue weighted by Crippen LogP contribution is -2.42. The molecule has 138 valence electrons. The number of aliphatic hydroxyl groups is 1. The number of rotatable bonds is 4. The summed E-state index contributed by atoms with van der Waals surface area (Å²) in [6.45, 7) is 3.50. The zero-order valence-corrected chi connectivity index (χ0v) is 15.0. The molecule has 2 aromatic rings. The van der Waals surface area contributed by atoms with Crippen LogP contribution in [0.4, 0.5) is 0 Å². The third-order valence-corrected chi connectivity index (χ3v) is 5.22. The molecular weight excluding hydrogens is 332 g/mol. The number of hydrogen-bond donors (Lipinski definition) is 1. The molecule has 6 nitrogen and oxygen atoms in total. The Morgan fingerprint density at radius 3 is 2.58 bits per heavy atom. The molecular formula is C20H24N2O4. The Bertz CT molecular complexity index is 758. The molecule has 4 rings (SSSR count). The Morgan fingerprint density at radius 2 is 1.92 bits per heavy atom. The first-order chi connectivity index (χ1) is 12.7. The summed E-state index contributed by atoms with van der Waals surface area (Å²) < 4.78 is 16.9. The van der Waals surface area contributed by atoms with Crippen LogP contribution in [-0.2, 0) is 12.1 Å². The smallest absolute Gasteiger partial charge is 0.165 e. The summed E-state index contributed by atoms with van der Waals surface area (Å²) in [5.74, 6) is 2.32. The van der Waals surface area contributed by atoms with Crippen LogP contribution in [0.15, 0.2) is 36.7 Å². The van der Waals surface area contributed by atoms with E-state index in [-0.39, 0.29) is 0 Å². The van der Waals surface area contributed by atoms with Crippen molar-refractivity contribution in [3.05, 3.63) is 47.8 Å². The van der Waals surface area contributed by atoms with Crippen molar-refractivity contribution >= 4 is 0 Å². The minimum Gasteiger partial charge on any atom is -0.496 e. The van der Waals surface area contributed by atoms with Crippen LogP contribution in [0.5, 0.6) is 17.2 Å². The fraction of sp³-hybridized carbons (Fsp3) is 0.450. The highest BCUT2D eigenvalue weighted by Gasteiger charge is 2.34. The zero-order valence-electron chi connectivity index (χ0n) is 15.0. The van der Waals surface area contributed by atoms with E-state index in [2.05, 4.69) is 9.88 Å². The van der Waals surface area contributed by atoms with Crippen molar-refractivity contribution in [2.24, 2.45) is 0 Å². The molecule has 26 heavy (non-hydrogen) atoms. The fourth-order valence-corrected chi connectivity index (χ4v) is 3.67. The van der Waals surface area contributed by atoms with Gasteiger partial charge in [-0.1, -0.05) is 6.07 Å². The second kappa shape index (κ2) is 7.13. The van der Waals surface area contributed by atoms with Crippen molar-refractivity contribution in [2.75, 3.05) is 33.4 Å². The van der Waals surface area contributed by atoms with Crippen LogP contribution in [-0.4, -0.2) is 48.4 Å². The van der Waals surface area contributed by atoms with E-state index in [1.165, 1.54) is 0 Å². The monoisotopic (exact) mass is 356 g/mol. The number of fused-ring (bicyclic) bond motifs is 1. The predicted molar refractivity (Wildman–Crippen MR) is 96.6 cm³/mol. The summed E-state index contributed by atoms with van der Waals surface area (Å²) in [6.07, 6.45) is 4.87. The molecule has 0 radical (unpaired) electrons. The van der Waals surface area contributed by atoms with Crippen LogP contribution in [0.3, 0.4) is 0 Å². The van der Waals surface area contributed by atoms with Gasteiger partial charge in [0.1, 0.15) is 19.0 Å². The molecule has 3 heterocycles. The SMILES string of the molecule is COc1cc2c(cc1CN1CCC(O)(c3cccnc3)CC1)OCCO2. The molecule has 0 bridgehead atoms. The van der Waals surface area contributed by atoms with Gasteiger partial charge in [-0.25, -0.2) is 0 Å². The third kappa shape index (κ3) is 3.34. The van der Waals surface area contributed by atoms with E-state index in [1.54, 1.807) is 19.5 Å². The van der Waals surface area contributed by atoms with Crippen LogP contribution >= 0.6 is 0 Å². The summed E-state index contributed by atoms with van der Waals surface area (Å²) in [6, 6.07) is 7.74. The van der Waals surface area contributed by atoms with Gasteiger partial charge >= 0.3 is 0 Å². The van der Waals surface area contributed by atoms with Crippen LogP contribution in [0.2, 0.25) is 0 Å². The number of methoxy groups -OCH3 is 1. The van der Waals surface area contributed by atoms with Crippen molar-refractivity contribution in [1.82, 2.24) is 9.88 Å². The molecule has 0 atom stereocenters. The Kier molecular flexibility index (Phi) is 4.70. The minimum atomic E-state index is -0.790. The number of likely N-dealkylation sites (tertiary alicyclic amines) is 1. The third-order valence-electron chi connectivity index (χ3n) is 5.22. The highest BCUT2D eigenvalue weighted by Crippen LogP contribution is 2.38. The zero-order chi connectivity index (χ0) is 18.0. The van der Waals surface area contributed by atoms with Gasteiger partial charge in [0.15, 0.2) is 11.5 Å². The molecule has 6 heteroatoms. The van der Waals surface area contributed by atoms with Crippen LogP contribution in [0, 0.1) is 0 Å². The van der Waals surface area contributed by atoms with Gasteiger partial charge in [-0.15, -0.1) is 0 Å². The lowest BCUT2D eigenvalue weighted by atomic mass is 9.85. The number of nitrogens with zero attached hydrogens (tertiary/aromatic N) is 2. The average molecular weight is 356 g/mol. The predicted octanol–water partition coefficient (Wildman–Crippen LogP) is 2.34. The maximum atomic E-state index is 11.0. The first-order valence-corrected chi connectivity index (χ1v) is 9.00. The number of pyridine rings is 1. The Labute approximate surface area is 153 Å². The highest BCUT2D eigenvalue weighted by molar-refractivity contribution is 5.51. The first-order valence-electron chi connectivity index (χ1n) is 9.00. The average Bonchev–Trinajstić information content (AvgIpc) is 2.70. The Balaban J connectivity index is 1.46. The Hall–Kier alpha value is -2.31. The van der Waals surface area contributed by atoms with E-state index in [0.29, 0.717) is 26.1 Å². The molecule has 2 aliphatic heterocycles. The van der Waals surface area contributed by atoms with Crippen molar-refractivity contribution < 1.29 is 19.3 Å². The maximum absolute atomic E-state index is 11.0. The van der Waals surface area contributed by atoms with Gasteiger partial charge in [0.25, 0.3) is 0 Å². The fourth-order valence-electron chi connectivity index (χ4n) is 3.67. The van der Waals surface area contributed by atoms with Crippen molar-refractivity contribution in [1.29, 1.82) is 0 Å². The molecule has 1 fully saturated rings. The topological polar surface area (TPSA) is 64.1 Å². The molecule has 1 aromatic heterocycles. The van der Waals surface area contributed by atoms with Crippen molar-refractivity contribution in [3.8, 4) is 17.2 Å². The molecule has 0 unspecified atom stereocenters. The molecule has 0 amide bonds. The molecule has 1 saturated heterocycles. The highest BCUT2D eigenvalue weighted by atomic mass is 16.6. The van der Waals surface area contributed by atoms with Crippen molar-refractivity contribution in [2.45, 2.75) is 25.0 Å². The van der Waals surface area contributed by atoms with Gasteiger partial charge in [0.2, 0.25) is 0 Å². The summed E-state index contributed by atoms with van der Waals surface area (Å²) in [5, 5.41) is 11.0. The lowest BCUT2D eigenvalue weighted by Gasteiger charge is -2.38. The van der Waals surface area contributed by atoms with Crippen LogP contribution in [0.1, 0.15) is 24.0 Å². The number of hydrogen-bond acceptors (Lipinski definition) is 6. The molecule has 0 spiro atoms. The normalized spacial score (nSPS) is 19.2. The second-order valence-electron chi connectivity index (χ2n) is 6.86. The van der Waals surface area contributed by atoms with E-state index in [9.17, 15) is 5.11 Å². The molecule has 0 saturated carbocycles. The number of aromatic nitrogens is 1. The van der Waals surface area contributed by atoms with E-state index >= 15 is 0 Å². The number of piperidine rings is 1. The number of benzene rings is 1. The largest absolute Gasteiger partial charge is 0.496 e. The van der Waals surface area contributed by atoms with E-state index in [0.717, 1.165) is 48.0 Å². The summed E-state index contributed by atoms with van der Waals surface area (Å²) in [5.41, 5.74) is 1.18. The van der Waals surface area contributed by atoms with Crippen LogP contribution in [0.25, 0.3) is 0 Å². The molecule has 0 aliphatic carbocycles. The summed E-state index contributed by atoms with van der Waals surface area (Å²) in [4.78, 5) is 6.47. The maximum Gasteiger partial charge on any atom is 0.165 e. The van der Waals surface area contributed by atoms with Gasteiger partial charge < -0.3 is 19.3 Å². The minimum absolute atomic E-state index is 0.564. The van der Waals surface area contributed by atoms with Gasteiger partial charge in [-0.05, 0) is 25.0 Å². The lowest BCUT2D eigenvalue weighted by molar-refractivity contribution is -0.0281. The quantitative estimate of drug-likeness (QED) is 0.907. The van der Waals surface area contributed by atoms with E-state index < -0.39 is 5.60 Å². The van der Waals surface area contributed by atoms with E-state index in [1.807, 2.05) is 24.3 Å². The van der Waals surface area contributed by atoms with Gasteiger partial charge in [0, 0.05) is 49.2 Å². The van der Waals surface area contributed by atoms with Crippen molar-refractivity contribution in [3.63, 3.8) is 0 Å². The molecule has 1 aromatic carbocycles. The first kappa shape index (κ1) is 17.1. The van der Waals surface area contributed by atoms with Crippen LogP contribution < -0.4 is 14.2 Å².